The highest BCUT2D eigenvalue weighted by molar-refractivity contribution is 5.79. The highest BCUT2D eigenvalue weighted by atomic mass is 15.2. The van der Waals surface area contributed by atoms with Crippen LogP contribution in [0.2, 0.25) is 0 Å². The van der Waals surface area contributed by atoms with E-state index >= 15 is 0 Å². The molecular formula is C20H35N3. The second-order valence-corrected chi connectivity index (χ2v) is 8.98. The zero-order chi connectivity index (χ0) is 15.8. The van der Waals surface area contributed by atoms with Gasteiger partial charge in [-0.15, -0.1) is 0 Å². The number of nitrogens with two attached hydrogens (primary N) is 1. The third-order valence-corrected chi connectivity index (χ3v) is 7.84. The van der Waals surface area contributed by atoms with E-state index in [9.17, 15) is 0 Å². The molecule has 6 unspecified atom stereocenters. The lowest BCUT2D eigenvalue weighted by Crippen LogP contribution is -2.45. The SMILES string of the molecule is N=C(N)C1CCC2CCN(CC3CCCC4CCCCC43)C2C1. The summed E-state index contributed by atoms with van der Waals surface area (Å²) in [6.07, 6.45) is 15.5. The van der Waals surface area contributed by atoms with Crippen LogP contribution in [-0.4, -0.2) is 29.9 Å². The van der Waals surface area contributed by atoms with Crippen molar-refractivity contribution in [3.63, 3.8) is 0 Å². The second kappa shape index (κ2) is 6.74. The Morgan fingerprint density at radius 2 is 1.74 bits per heavy atom. The maximum absolute atomic E-state index is 7.84. The quantitative estimate of drug-likeness (QED) is 0.610. The maximum atomic E-state index is 7.84. The Labute approximate surface area is 141 Å². The molecule has 0 aromatic heterocycles. The van der Waals surface area contributed by atoms with Crippen LogP contribution in [0.4, 0.5) is 0 Å². The largest absolute Gasteiger partial charge is 0.387 e. The summed E-state index contributed by atoms with van der Waals surface area (Å²) in [6, 6.07) is 0.738. The maximum Gasteiger partial charge on any atom is 0.0937 e. The van der Waals surface area contributed by atoms with Crippen LogP contribution in [0.15, 0.2) is 0 Å². The van der Waals surface area contributed by atoms with Crippen LogP contribution in [0.3, 0.4) is 0 Å². The van der Waals surface area contributed by atoms with Crippen LogP contribution in [0.5, 0.6) is 0 Å². The number of fused-ring (bicyclic) bond motifs is 2. The summed E-state index contributed by atoms with van der Waals surface area (Å²) < 4.78 is 0. The van der Waals surface area contributed by atoms with Crippen molar-refractivity contribution in [2.75, 3.05) is 13.1 Å². The van der Waals surface area contributed by atoms with Gasteiger partial charge in [-0.2, -0.15) is 0 Å². The fraction of sp³-hybridized carbons (Fsp3) is 0.950. The molecule has 3 nitrogen and oxygen atoms in total. The normalized spacial score (nSPS) is 44.5. The van der Waals surface area contributed by atoms with Crippen molar-refractivity contribution in [1.29, 1.82) is 5.41 Å². The first-order chi connectivity index (χ1) is 11.2. The number of hydrogen-bond donors (Lipinski definition) is 2. The first-order valence-electron chi connectivity index (χ1n) is 10.3. The smallest absolute Gasteiger partial charge is 0.0937 e. The number of amidine groups is 1. The first kappa shape index (κ1) is 15.9. The molecule has 0 aromatic carbocycles. The van der Waals surface area contributed by atoms with Crippen LogP contribution in [0.25, 0.3) is 0 Å². The van der Waals surface area contributed by atoms with E-state index in [1.54, 1.807) is 0 Å². The van der Waals surface area contributed by atoms with Gasteiger partial charge in [0.25, 0.3) is 0 Å². The predicted molar refractivity (Wildman–Crippen MR) is 95.5 cm³/mol. The minimum Gasteiger partial charge on any atom is -0.387 e. The molecule has 6 atom stereocenters. The average molecular weight is 318 g/mol. The van der Waals surface area contributed by atoms with Crippen molar-refractivity contribution in [3.05, 3.63) is 0 Å². The third-order valence-electron chi connectivity index (χ3n) is 7.84. The summed E-state index contributed by atoms with van der Waals surface area (Å²) >= 11 is 0. The van der Waals surface area contributed by atoms with E-state index in [1.165, 1.54) is 83.7 Å². The summed E-state index contributed by atoms with van der Waals surface area (Å²) in [4.78, 5) is 2.83. The molecule has 3 aliphatic carbocycles. The van der Waals surface area contributed by atoms with Crippen LogP contribution >= 0.6 is 0 Å². The Kier molecular flexibility index (Phi) is 4.67. The lowest BCUT2D eigenvalue weighted by Gasteiger charge is -2.44. The van der Waals surface area contributed by atoms with Gasteiger partial charge in [0.1, 0.15) is 0 Å². The number of hydrogen-bond acceptors (Lipinski definition) is 2. The number of nitrogens with one attached hydrogen (secondary N) is 1. The molecule has 1 aliphatic heterocycles. The van der Waals surface area contributed by atoms with Gasteiger partial charge in [-0.05, 0) is 68.7 Å². The lowest BCUT2D eigenvalue weighted by atomic mass is 9.65. The Hall–Kier alpha value is -0.570. The molecule has 0 bridgehead atoms. The minimum absolute atomic E-state index is 0.366. The molecule has 4 rings (SSSR count). The molecule has 4 fully saturated rings. The van der Waals surface area contributed by atoms with E-state index in [0.29, 0.717) is 11.8 Å². The zero-order valence-corrected chi connectivity index (χ0v) is 14.7. The van der Waals surface area contributed by atoms with E-state index in [0.717, 1.165) is 29.7 Å². The zero-order valence-electron chi connectivity index (χ0n) is 14.7. The van der Waals surface area contributed by atoms with Crippen molar-refractivity contribution < 1.29 is 0 Å². The van der Waals surface area contributed by atoms with Crippen molar-refractivity contribution >= 4 is 5.84 Å². The molecule has 0 spiro atoms. The van der Waals surface area contributed by atoms with Crippen LogP contribution < -0.4 is 5.73 Å². The molecular weight excluding hydrogens is 282 g/mol. The van der Waals surface area contributed by atoms with Crippen molar-refractivity contribution in [2.24, 2.45) is 35.3 Å². The highest BCUT2D eigenvalue weighted by Gasteiger charge is 2.42. The summed E-state index contributed by atoms with van der Waals surface area (Å²) in [5.41, 5.74) is 5.83. The molecule has 3 N–H and O–H groups in total. The fourth-order valence-corrected chi connectivity index (χ4v) is 6.60. The second-order valence-electron chi connectivity index (χ2n) is 8.98. The molecule has 1 heterocycles. The van der Waals surface area contributed by atoms with Gasteiger partial charge in [0, 0.05) is 18.5 Å². The van der Waals surface area contributed by atoms with Crippen LogP contribution in [0.1, 0.15) is 70.6 Å². The molecule has 0 amide bonds. The summed E-state index contributed by atoms with van der Waals surface area (Å²) in [6.45, 7) is 2.67. The lowest BCUT2D eigenvalue weighted by molar-refractivity contribution is 0.0581. The van der Waals surface area contributed by atoms with E-state index in [-0.39, 0.29) is 0 Å². The van der Waals surface area contributed by atoms with Gasteiger partial charge in [-0.25, -0.2) is 0 Å². The van der Waals surface area contributed by atoms with Gasteiger partial charge in [0.05, 0.1) is 5.84 Å². The van der Waals surface area contributed by atoms with Gasteiger partial charge in [0.15, 0.2) is 0 Å². The Bertz CT molecular complexity index is 433. The summed E-state index contributed by atoms with van der Waals surface area (Å²) in [5, 5.41) is 7.84. The van der Waals surface area contributed by atoms with Crippen molar-refractivity contribution in [3.8, 4) is 0 Å². The van der Waals surface area contributed by atoms with Crippen LogP contribution in [0, 0.1) is 35.0 Å². The summed E-state index contributed by atoms with van der Waals surface area (Å²) in [5.74, 6) is 4.76. The molecule has 3 heteroatoms. The monoisotopic (exact) mass is 317 g/mol. The minimum atomic E-state index is 0.366. The summed E-state index contributed by atoms with van der Waals surface area (Å²) in [7, 11) is 0. The van der Waals surface area contributed by atoms with Gasteiger partial charge in [0.2, 0.25) is 0 Å². The van der Waals surface area contributed by atoms with Crippen molar-refractivity contribution in [1.82, 2.24) is 4.90 Å². The number of nitrogens with zero attached hydrogens (tertiary/aromatic N) is 1. The topological polar surface area (TPSA) is 53.1 Å². The van der Waals surface area contributed by atoms with E-state index in [4.69, 9.17) is 11.1 Å². The molecule has 1 saturated heterocycles. The predicted octanol–water partition coefficient (Wildman–Crippen LogP) is 4.02. The standard InChI is InChI=1S/C20H35N3/c21-20(22)16-9-8-15-10-11-23(19(15)12-16)13-17-6-3-5-14-4-1-2-7-18(14)17/h14-19H,1-13H2,(H3,21,22). The Morgan fingerprint density at radius 3 is 2.61 bits per heavy atom. The Balaban J connectivity index is 1.40. The Morgan fingerprint density at radius 1 is 0.913 bits per heavy atom. The van der Waals surface area contributed by atoms with Gasteiger partial charge in [-0.3, -0.25) is 10.3 Å². The van der Waals surface area contributed by atoms with E-state index in [1.807, 2.05) is 0 Å². The van der Waals surface area contributed by atoms with Gasteiger partial charge in [-0.1, -0.05) is 32.1 Å². The van der Waals surface area contributed by atoms with Gasteiger partial charge >= 0.3 is 0 Å². The molecule has 130 valence electrons. The first-order valence-corrected chi connectivity index (χ1v) is 10.3. The average Bonchev–Trinajstić information content (AvgIpc) is 2.97. The number of rotatable bonds is 3. The van der Waals surface area contributed by atoms with E-state index < -0.39 is 0 Å². The van der Waals surface area contributed by atoms with Gasteiger partial charge < -0.3 is 5.73 Å². The molecule has 0 radical (unpaired) electrons. The molecule has 23 heavy (non-hydrogen) atoms. The molecule has 3 saturated carbocycles. The van der Waals surface area contributed by atoms with Crippen molar-refractivity contribution in [2.45, 2.75) is 76.7 Å². The highest BCUT2D eigenvalue weighted by Crippen LogP contribution is 2.46. The number of likely N-dealkylation sites (tertiary alicyclic amines) is 1. The van der Waals surface area contributed by atoms with E-state index in [2.05, 4.69) is 4.90 Å². The third kappa shape index (κ3) is 3.18. The fourth-order valence-electron chi connectivity index (χ4n) is 6.60. The molecule has 4 aliphatic rings. The van der Waals surface area contributed by atoms with Crippen LogP contribution in [-0.2, 0) is 0 Å². The molecule has 0 aromatic rings.